The Morgan fingerprint density at radius 1 is 1.29 bits per heavy atom. The van der Waals surface area contributed by atoms with Crippen molar-refractivity contribution in [1.29, 1.82) is 0 Å². The molecule has 1 heterocycles. The second kappa shape index (κ2) is 7.38. The van der Waals surface area contributed by atoms with E-state index in [2.05, 4.69) is 62.1 Å². The average molecular weight is 414 g/mol. The Hall–Kier alpha value is -0.910. The number of aromatic nitrogens is 1. The summed E-state index contributed by atoms with van der Waals surface area (Å²) in [7, 11) is 1.68. The summed E-state index contributed by atoms with van der Waals surface area (Å²) in [6, 6.07) is 8.19. The largest absolute Gasteiger partial charge is 0.497 e. The first-order chi connectivity index (χ1) is 10.1. The number of methoxy groups -OCH3 is 1. The van der Waals surface area contributed by atoms with Crippen molar-refractivity contribution in [3.8, 4) is 5.75 Å². The van der Waals surface area contributed by atoms with E-state index in [1.54, 1.807) is 7.11 Å². The van der Waals surface area contributed by atoms with Crippen LogP contribution in [0.5, 0.6) is 5.75 Å². The van der Waals surface area contributed by atoms with Crippen LogP contribution in [0.3, 0.4) is 0 Å². The molecule has 2 aromatic rings. The number of rotatable bonds is 5. The molecule has 0 saturated heterocycles. The van der Waals surface area contributed by atoms with E-state index in [4.69, 9.17) is 4.74 Å². The van der Waals surface area contributed by atoms with Gasteiger partial charge in [0, 0.05) is 15.1 Å². The van der Waals surface area contributed by atoms with E-state index in [1.165, 1.54) is 11.1 Å². The molecular formula is C16H18Br2N2O. The van der Waals surface area contributed by atoms with Crippen molar-refractivity contribution in [3.63, 3.8) is 0 Å². The minimum Gasteiger partial charge on any atom is -0.497 e. The lowest BCUT2D eigenvalue weighted by Crippen LogP contribution is -2.24. The standard InChI is InChI=1S/C16H18Br2N2O/c1-4-19-15(16-14(18)8-11(17)9-20-16)13-6-5-12(21-3)7-10(13)2/h5-9,15,19H,4H2,1-3H3. The number of nitrogens with one attached hydrogen (secondary N) is 1. The lowest BCUT2D eigenvalue weighted by atomic mass is 9.98. The van der Waals surface area contributed by atoms with Crippen molar-refractivity contribution in [2.45, 2.75) is 19.9 Å². The van der Waals surface area contributed by atoms with Crippen LogP contribution in [0, 0.1) is 6.92 Å². The van der Waals surface area contributed by atoms with Gasteiger partial charge < -0.3 is 10.1 Å². The van der Waals surface area contributed by atoms with Gasteiger partial charge in [-0.3, -0.25) is 4.98 Å². The zero-order valence-electron chi connectivity index (χ0n) is 12.3. The van der Waals surface area contributed by atoms with Gasteiger partial charge in [-0.05, 0) is 74.7 Å². The van der Waals surface area contributed by atoms with Crippen molar-refractivity contribution in [1.82, 2.24) is 10.3 Å². The van der Waals surface area contributed by atoms with Gasteiger partial charge in [-0.2, -0.15) is 0 Å². The molecule has 1 N–H and O–H groups in total. The molecule has 0 bridgehead atoms. The maximum absolute atomic E-state index is 5.28. The summed E-state index contributed by atoms with van der Waals surface area (Å²) in [5, 5.41) is 3.51. The fourth-order valence-electron chi connectivity index (χ4n) is 2.29. The SMILES string of the molecule is CCNC(c1ccc(OC)cc1C)c1ncc(Br)cc1Br. The topological polar surface area (TPSA) is 34.1 Å². The van der Waals surface area contributed by atoms with E-state index in [9.17, 15) is 0 Å². The number of hydrogen-bond donors (Lipinski definition) is 1. The van der Waals surface area contributed by atoms with Crippen molar-refractivity contribution in [2.24, 2.45) is 0 Å². The third-order valence-corrected chi connectivity index (χ3v) is 4.37. The summed E-state index contributed by atoms with van der Waals surface area (Å²) in [5.41, 5.74) is 3.36. The normalized spacial score (nSPS) is 12.2. The second-order valence-corrected chi connectivity index (χ2v) is 6.50. The Morgan fingerprint density at radius 3 is 2.62 bits per heavy atom. The van der Waals surface area contributed by atoms with Crippen molar-refractivity contribution >= 4 is 31.9 Å². The van der Waals surface area contributed by atoms with Gasteiger partial charge in [0.05, 0.1) is 18.8 Å². The number of aryl methyl sites for hydroxylation is 1. The second-order valence-electron chi connectivity index (χ2n) is 4.73. The molecule has 0 aliphatic heterocycles. The molecule has 21 heavy (non-hydrogen) atoms. The minimum atomic E-state index is 0.0448. The van der Waals surface area contributed by atoms with Crippen LogP contribution in [0.25, 0.3) is 0 Å². The van der Waals surface area contributed by atoms with Crippen LogP contribution in [0.1, 0.15) is 29.8 Å². The Bertz CT molecular complexity index is 632. The number of pyridine rings is 1. The first-order valence-corrected chi connectivity index (χ1v) is 8.34. The Labute approximate surface area is 142 Å². The van der Waals surface area contributed by atoms with E-state index in [0.29, 0.717) is 0 Å². The van der Waals surface area contributed by atoms with Crippen LogP contribution in [-0.2, 0) is 0 Å². The lowest BCUT2D eigenvalue weighted by molar-refractivity contribution is 0.414. The molecule has 0 spiro atoms. The van der Waals surface area contributed by atoms with Crippen LogP contribution in [0.15, 0.2) is 39.4 Å². The highest BCUT2D eigenvalue weighted by Crippen LogP contribution is 2.31. The summed E-state index contributed by atoms with van der Waals surface area (Å²) in [4.78, 5) is 4.57. The third kappa shape index (κ3) is 3.84. The fourth-order valence-corrected chi connectivity index (χ4v) is 3.51. The van der Waals surface area contributed by atoms with Gasteiger partial charge in [-0.15, -0.1) is 0 Å². The average Bonchev–Trinajstić information content (AvgIpc) is 2.46. The first kappa shape index (κ1) is 16.5. The van der Waals surface area contributed by atoms with Crippen molar-refractivity contribution in [2.75, 3.05) is 13.7 Å². The molecule has 5 heteroatoms. The summed E-state index contributed by atoms with van der Waals surface area (Å²) in [6.45, 7) is 5.05. The van der Waals surface area contributed by atoms with E-state index < -0.39 is 0 Å². The van der Waals surface area contributed by atoms with Gasteiger partial charge in [-0.1, -0.05) is 13.0 Å². The Kier molecular flexibility index (Phi) is 5.79. The van der Waals surface area contributed by atoms with Gasteiger partial charge in [0.15, 0.2) is 0 Å². The summed E-state index contributed by atoms with van der Waals surface area (Å²) in [5.74, 6) is 0.870. The van der Waals surface area contributed by atoms with Crippen LogP contribution in [0.2, 0.25) is 0 Å². The van der Waals surface area contributed by atoms with Crippen LogP contribution >= 0.6 is 31.9 Å². The molecule has 112 valence electrons. The molecular weight excluding hydrogens is 396 g/mol. The Morgan fingerprint density at radius 2 is 2.05 bits per heavy atom. The Balaban J connectivity index is 2.48. The molecule has 3 nitrogen and oxygen atoms in total. The summed E-state index contributed by atoms with van der Waals surface area (Å²) >= 11 is 7.06. The van der Waals surface area contributed by atoms with E-state index in [-0.39, 0.29) is 6.04 Å². The molecule has 2 rings (SSSR count). The highest BCUT2D eigenvalue weighted by molar-refractivity contribution is 9.11. The van der Waals surface area contributed by atoms with Crippen LogP contribution in [-0.4, -0.2) is 18.6 Å². The molecule has 0 aliphatic rings. The third-order valence-electron chi connectivity index (χ3n) is 3.31. The minimum absolute atomic E-state index is 0.0448. The number of halogens is 2. The zero-order chi connectivity index (χ0) is 15.4. The molecule has 1 aromatic heterocycles. The maximum atomic E-state index is 5.28. The number of hydrogen-bond acceptors (Lipinski definition) is 3. The molecule has 0 amide bonds. The highest BCUT2D eigenvalue weighted by atomic mass is 79.9. The van der Waals surface area contributed by atoms with E-state index in [1.807, 2.05) is 24.4 Å². The molecule has 1 aromatic carbocycles. The highest BCUT2D eigenvalue weighted by Gasteiger charge is 2.19. The number of benzene rings is 1. The monoisotopic (exact) mass is 412 g/mol. The lowest BCUT2D eigenvalue weighted by Gasteiger charge is -2.21. The molecule has 0 saturated carbocycles. The molecule has 1 atom stereocenters. The van der Waals surface area contributed by atoms with Gasteiger partial charge in [0.25, 0.3) is 0 Å². The van der Waals surface area contributed by atoms with Gasteiger partial charge in [-0.25, -0.2) is 0 Å². The van der Waals surface area contributed by atoms with Gasteiger partial charge in [0.2, 0.25) is 0 Å². The number of ether oxygens (including phenoxy) is 1. The molecule has 0 fully saturated rings. The predicted molar refractivity (Wildman–Crippen MR) is 92.9 cm³/mol. The zero-order valence-corrected chi connectivity index (χ0v) is 15.5. The maximum Gasteiger partial charge on any atom is 0.119 e. The van der Waals surface area contributed by atoms with E-state index in [0.717, 1.165) is 26.9 Å². The van der Waals surface area contributed by atoms with Crippen molar-refractivity contribution in [3.05, 3.63) is 56.2 Å². The van der Waals surface area contributed by atoms with Gasteiger partial charge in [0.1, 0.15) is 5.75 Å². The quantitative estimate of drug-likeness (QED) is 0.776. The molecule has 0 radical (unpaired) electrons. The van der Waals surface area contributed by atoms with Crippen molar-refractivity contribution < 1.29 is 4.74 Å². The first-order valence-electron chi connectivity index (χ1n) is 6.75. The summed E-state index contributed by atoms with van der Waals surface area (Å²) < 4.78 is 7.23. The summed E-state index contributed by atoms with van der Waals surface area (Å²) in [6.07, 6.45) is 1.82. The van der Waals surface area contributed by atoms with Gasteiger partial charge >= 0.3 is 0 Å². The predicted octanol–water partition coefficient (Wildman–Crippen LogP) is 4.62. The smallest absolute Gasteiger partial charge is 0.119 e. The number of nitrogens with zero attached hydrogens (tertiary/aromatic N) is 1. The fraction of sp³-hybridized carbons (Fsp3) is 0.312. The van der Waals surface area contributed by atoms with Crippen LogP contribution < -0.4 is 10.1 Å². The van der Waals surface area contributed by atoms with Crippen LogP contribution in [0.4, 0.5) is 0 Å². The molecule has 1 unspecified atom stereocenters. The van der Waals surface area contributed by atoms with E-state index >= 15 is 0 Å². The molecule has 0 aliphatic carbocycles.